The number of aryl methyl sites for hydroxylation is 1. The second-order valence-electron chi connectivity index (χ2n) is 4.93. The minimum absolute atomic E-state index is 0.0123. The van der Waals surface area contributed by atoms with Crippen LogP contribution in [-0.2, 0) is 0 Å². The Morgan fingerprint density at radius 1 is 1.05 bits per heavy atom. The van der Waals surface area contributed by atoms with Crippen molar-refractivity contribution in [3.63, 3.8) is 0 Å². The number of phenolic OH excluding ortho intramolecular Hbond substituents is 2. The van der Waals surface area contributed by atoms with E-state index >= 15 is 0 Å². The number of carbonyl (C=O) groups excluding carboxylic acids is 1. The highest BCUT2D eigenvalue weighted by atomic mass is 16.4. The van der Waals surface area contributed by atoms with E-state index in [1.165, 1.54) is 24.3 Å². The van der Waals surface area contributed by atoms with Crippen LogP contribution < -0.4 is 5.63 Å². The van der Waals surface area contributed by atoms with Crippen LogP contribution in [0, 0.1) is 6.92 Å². The normalized spacial score (nSPS) is 10.8. The van der Waals surface area contributed by atoms with Crippen LogP contribution in [0.15, 0.2) is 51.7 Å². The number of fused-ring (bicyclic) bond motifs is 1. The summed E-state index contributed by atoms with van der Waals surface area (Å²) in [5.41, 5.74) is -0.0768. The average molecular weight is 296 g/mol. The van der Waals surface area contributed by atoms with Gasteiger partial charge in [0.25, 0.3) is 0 Å². The molecule has 0 aliphatic heterocycles. The molecule has 0 spiro atoms. The Hall–Kier alpha value is -3.08. The van der Waals surface area contributed by atoms with Gasteiger partial charge in [-0.1, -0.05) is 12.1 Å². The first kappa shape index (κ1) is 13.9. The summed E-state index contributed by atoms with van der Waals surface area (Å²) in [5.74, 6) is -1.14. The van der Waals surface area contributed by atoms with Gasteiger partial charge in [0.1, 0.15) is 17.1 Å². The number of hydrogen-bond donors (Lipinski definition) is 2. The number of carbonyl (C=O) groups is 1. The maximum absolute atomic E-state index is 12.6. The lowest BCUT2D eigenvalue weighted by Crippen LogP contribution is -2.06. The second-order valence-corrected chi connectivity index (χ2v) is 4.93. The van der Waals surface area contributed by atoms with Gasteiger partial charge in [-0.3, -0.25) is 4.79 Å². The van der Waals surface area contributed by atoms with E-state index in [1.807, 2.05) is 0 Å². The monoisotopic (exact) mass is 296 g/mol. The molecule has 1 aromatic heterocycles. The molecule has 2 N–H and O–H groups in total. The number of ketones is 1. The molecule has 5 heteroatoms. The molecular weight excluding hydrogens is 284 g/mol. The molecule has 2 aromatic carbocycles. The van der Waals surface area contributed by atoms with Crippen LogP contribution in [0.2, 0.25) is 0 Å². The zero-order valence-electron chi connectivity index (χ0n) is 11.7. The molecule has 0 aliphatic rings. The highest BCUT2D eigenvalue weighted by Gasteiger charge is 2.22. The third-order valence-corrected chi connectivity index (χ3v) is 3.47. The van der Waals surface area contributed by atoms with Gasteiger partial charge >= 0.3 is 5.63 Å². The molecule has 110 valence electrons. The maximum Gasteiger partial charge on any atom is 0.336 e. The van der Waals surface area contributed by atoms with E-state index in [1.54, 1.807) is 25.1 Å². The van der Waals surface area contributed by atoms with Crippen molar-refractivity contribution in [3.05, 3.63) is 69.6 Å². The van der Waals surface area contributed by atoms with Crippen molar-refractivity contribution in [2.24, 2.45) is 0 Å². The second kappa shape index (κ2) is 5.04. The lowest BCUT2D eigenvalue weighted by Gasteiger charge is -2.09. The molecule has 0 radical (unpaired) electrons. The zero-order valence-corrected chi connectivity index (χ0v) is 11.7. The fourth-order valence-electron chi connectivity index (χ4n) is 2.39. The van der Waals surface area contributed by atoms with Gasteiger partial charge in [0.2, 0.25) is 5.78 Å². The molecule has 0 saturated carbocycles. The molecule has 0 saturated heterocycles. The Kier molecular flexibility index (Phi) is 3.18. The van der Waals surface area contributed by atoms with E-state index in [-0.39, 0.29) is 28.2 Å². The van der Waals surface area contributed by atoms with E-state index < -0.39 is 11.4 Å². The standard InChI is InChI=1S/C17H12O5/c1-9-8-14(20)22-17-10(9)6-7-13(19)15(17)16(21)11-4-2-3-5-12(11)18/h2-8,18-19H,1H3. The first-order valence-corrected chi connectivity index (χ1v) is 6.58. The van der Waals surface area contributed by atoms with Crippen LogP contribution in [0.25, 0.3) is 11.0 Å². The first-order valence-electron chi connectivity index (χ1n) is 6.58. The van der Waals surface area contributed by atoms with Gasteiger partial charge in [-0.2, -0.15) is 0 Å². The van der Waals surface area contributed by atoms with Crippen LogP contribution in [-0.4, -0.2) is 16.0 Å². The number of aromatic hydroxyl groups is 2. The Morgan fingerprint density at radius 3 is 2.50 bits per heavy atom. The summed E-state index contributed by atoms with van der Waals surface area (Å²) < 4.78 is 5.12. The van der Waals surface area contributed by atoms with Crippen molar-refractivity contribution < 1.29 is 19.4 Å². The first-order chi connectivity index (χ1) is 10.5. The SMILES string of the molecule is Cc1cc(=O)oc2c(C(=O)c3ccccc3O)c(O)ccc12. The highest BCUT2D eigenvalue weighted by Crippen LogP contribution is 2.31. The predicted octanol–water partition coefficient (Wildman–Crippen LogP) is 2.74. The molecule has 5 nitrogen and oxygen atoms in total. The molecule has 3 rings (SSSR count). The minimum atomic E-state index is -0.616. The number of benzene rings is 2. The van der Waals surface area contributed by atoms with Crippen LogP contribution in [0.3, 0.4) is 0 Å². The fraction of sp³-hybridized carbons (Fsp3) is 0.0588. The topological polar surface area (TPSA) is 87.7 Å². The summed E-state index contributed by atoms with van der Waals surface area (Å²) in [4.78, 5) is 24.2. The Labute approximate surface area is 125 Å². The summed E-state index contributed by atoms with van der Waals surface area (Å²) in [6.07, 6.45) is 0. The summed E-state index contributed by atoms with van der Waals surface area (Å²) in [6, 6.07) is 10.2. The molecular formula is C17H12O5. The van der Waals surface area contributed by atoms with Crippen LogP contribution in [0.4, 0.5) is 0 Å². The number of hydrogen-bond acceptors (Lipinski definition) is 5. The number of phenols is 2. The molecule has 0 aliphatic carbocycles. The highest BCUT2D eigenvalue weighted by molar-refractivity contribution is 6.18. The molecule has 1 heterocycles. The molecule has 0 atom stereocenters. The molecule has 0 unspecified atom stereocenters. The third kappa shape index (κ3) is 2.13. The van der Waals surface area contributed by atoms with Gasteiger partial charge in [0, 0.05) is 11.5 Å². The van der Waals surface area contributed by atoms with Crippen molar-refractivity contribution in [2.45, 2.75) is 6.92 Å². The average Bonchev–Trinajstić information content (AvgIpc) is 2.46. The van der Waals surface area contributed by atoms with Gasteiger partial charge in [-0.15, -0.1) is 0 Å². The smallest absolute Gasteiger partial charge is 0.336 e. The van der Waals surface area contributed by atoms with Gasteiger partial charge in [0.05, 0.1) is 5.56 Å². The van der Waals surface area contributed by atoms with Crippen molar-refractivity contribution in [1.29, 1.82) is 0 Å². The van der Waals surface area contributed by atoms with Gasteiger partial charge in [0.15, 0.2) is 5.58 Å². The molecule has 3 aromatic rings. The van der Waals surface area contributed by atoms with Crippen molar-refractivity contribution in [2.75, 3.05) is 0 Å². The Morgan fingerprint density at radius 2 is 1.77 bits per heavy atom. The molecule has 0 amide bonds. The van der Waals surface area contributed by atoms with E-state index in [0.29, 0.717) is 10.9 Å². The summed E-state index contributed by atoms with van der Waals surface area (Å²) in [7, 11) is 0. The minimum Gasteiger partial charge on any atom is -0.507 e. The van der Waals surface area contributed by atoms with Crippen LogP contribution >= 0.6 is 0 Å². The van der Waals surface area contributed by atoms with E-state index in [2.05, 4.69) is 0 Å². The fourth-order valence-corrected chi connectivity index (χ4v) is 2.39. The van der Waals surface area contributed by atoms with Crippen LogP contribution in [0.5, 0.6) is 11.5 Å². The van der Waals surface area contributed by atoms with Crippen molar-refractivity contribution in [1.82, 2.24) is 0 Å². The number of rotatable bonds is 2. The van der Waals surface area contributed by atoms with Crippen LogP contribution in [0.1, 0.15) is 21.5 Å². The lowest BCUT2D eigenvalue weighted by molar-refractivity contribution is 0.103. The molecule has 0 bridgehead atoms. The summed E-state index contributed by atoms with van der Waals surface area (Å²) in [6.45, 7) is 1.71. The Balaban J connectivity index is 2.35. The van der Waals surface area contributed by atoms with Gasteiger partial charge < -0.3 is 14.6 Å². The van der Waals surface area contributed by atoms with Crippen molar-refractivity contribution in [3.8, 4) is 11.5 Å². The maximum atomic E-state index is 12.6. The van der Waals surface area contributed by atoms with Gasteiger partial charge in [-0.05, 0) is 36.8 Å². The summed E-state index contributed by atoms with van der Waals surface area (Å²) in [5, 5.41) is 20.4. The Bertz CT molecular complexity index is 953. The molecule has 22 heavy (non-hydrogen) atoms. The van der Waals surface area contributed by atoms with E-state index in [4.69, 9.17) is 4.42 Å². The van der Waals surface area contributed by atoms with Crippen molar-refractivity contribution >= 4 is 16.8 Å². The predicted molar refractivity (Wildman–Crippen MR) is 80.4 cm³/mol. The van der Waals surface area contributed by atoms with E-state index in [0.717, 1.165) is 0 Å². The summed E-state index contributed by atoms with van der Waals surface area (Å²) >= 11 is 0. The third-order valence-electron chi connectivity index (χ3n) is 3.47. The number of para-hydroxylation sites is 1. The van der Waals surface area contributed by atoms with E-state index in [9.17, 15) is 19.8 Å². The lowest BCUT2D eigenvalue weighted by atomic mass is 9.98. The molecule has 0 fully saturated rings. The zero-order chi connectivity index (χ0) is 15.9. The van der Waals surface area contributed by atoms with Gasteiger partial charge in [-0.25, -0.2) is 4.79 Å². The quantitative estimate of drug-likeness (QED) is 0.561. The largest absolute Gasteiger partial charge is 0.507 e.